The Labute approximate surface area is 143 Å². The van der Waals surface area contributed by atoms with Crippen LogP contribution in [0.25, 0.3) is 0 Å². The molecule has 4 saturated heterocycles. The number of para-hydroxylation sites is 1. The predicted molar refractivity (Wildman–Crippen MR) is 91.7 cm³/mol. The van der Waals surface area contributed by atoms with Gasteiger partial charge in [0, 0.05) is 42.1 Å². The molecule has 1 aliphatic carbocycles. The number of piperidine rings is 4. The van der Waals surface area contributed by atoms with Crippen molar-refractivity contribution in [2.75, 3.05) is 11.9 Å². The monoisotopic (exact) mass is 326 g/mol. The third kappa shape index (κ3) is 1.20. The van der Waals surface area contributed by atoms with E-state index in [1.54, 1.807) is 0 Å². The number of aliphatic hydroxyl groups excluding tert-OH is 2. The van der Waals surface area contributed by atoms with Gasteiger partial charge in [0.15, 0.2) is 0 Å². The predicted octanol–water partition coefficient (Wildman–Crippen LogP) is 1.55. The summed E-state index contributed by atoms with van der Waals surface area (Å²) in [6.45, 7) is 2.19. The first kappa shape index (κ1) is 14.1. The van der Waals surface area contributed by atoms with Gasteiger partial charge in [0.1, 0.15) is 6.23 Å². The van der Waals surface area contributed by atoms with Crippen LogP contribution in [0, 0.1) is 17.8 Å². The number of likely N-dealkylation sites (N-methyl/N-ethyl adjacent to an activating group) is 1. The average molecular weight is 326 g/mol. The Morgan fingerprint density at radius 1 is 1.21 bits per heavy atom. The number of fused-ring (bicyclic) bond motifs is 2. The molecule has 1 aromatic rings. The van der Waals surface area contributed by atoms with Crippen LogP contribution < -0.4 is 4.90 Å². The van der Waals surface area contributed by atoms with Crippen LogP contribution in [-0.4, -0.2) is 52.6 Å². The van der Waals surface area contributed by atoms with E-state index in [-0.39, 0.29) is 17.7 Å². The van der Waals surface area contributed by atoms with Crippen molar-refractivity contribution in [2.45, 2.75) is 62.1 Å². The molecule has 5 bridgehead atoms. The Kier molecular flexibility index (Phi) is 2.45. The first-order valence-corrected chi connectivity index (χ1v) is 9.57. The highest BCUT2D eigenvalue weighted by molar-refractivity contribution is 5.67. The lowest BCUT2D eigenvalue weighted by molar-refractivity contribution is -0.211. The zero-order chi connectivity index (χ0) is 16.4. The standard InChI is InChI=1S/C20H26N2O2/c1-3-10-11-8-14-17-20(12-6-4-5-7-13(12)21(17)2)9-15(16(11)18(20)23)22(14)19(10)24/h4-7,10-11,14-19,23-24H,3,8-9H2,1-2H3/t10-,11+,14-,15-,16+,17-,18-,19+,20+/m0/s1. The molecule has 24 heavy (non-hydrogen) atoms. The minimum absolute atomic E-state index is 0.126. The fraction of sp³-hybridized carbons (Fsp3) is 0.700. The van der Waals surface area contributed by atoms with E-state index in [0.29, 0.717) is 35.9 Å². The number of anilines is 1. The van der Waals surface area contributed by atoms with Crippen LogP contribution in [0.2, 0.25) is 0 Å². The molecule has 5 aliphatic heterocycles. The maximum atomic E-state index is 11.6. The number of rotatable bonds is 1. The van der Waals surface area contributed by atoms with Crippen molar-refractivity contribution in [1.82, 2.24) is 4.90 Å². The lowest BCUT2D eigenvalue weighted by Gasteiger charge is -2.62. The van der Waals surface area contributed by atoms with Crippen molar-refractivity contribution in [3.05, 3.63) is 29.8 Å². The highest BCUT2D eigenvalue weighted by Gasteiger charge is 2.76. The Morgan fingerprint density at radius 3 is 2.79 bits per heavy atom. The van der Waals surface area contributed by atoms with Crippen molar-refractivity contribution in [1.29, 1.82) is 0 Å². The van der Waals surface area contributed by atoms with Gasteiger partial charge in [-0.05, 0) is 36.8 Å². The normalized spacial score (nSPS) is 55.8. The van der Waals surface area contributed by atoms with E-state index >= 15 is 0 Å². The Bertz CT molecular complexity index is 723. The molecule has 0 radical (unpaired) electrons. The van der Waals surface area contributed by atoms with Crippen molar-refractivity contribution in [3.8, 4) is 0 Å². The molecule has 5 fully saturated rings. The molecule has 5 heterocycles. The van der Waals surface area contributed by atoms with E-state index < -0.39 is 0 Å². The first-order valence-electron chi connectivity index (χ1n) is 9.57. The van der Waals surface area contributed by atoms with Crippen LogP contribution >= 0.6 is 0 Å². The van der Waals surface area contributed by atoms with Crippen LogP contribution in [0.1, 0.15) is 31.7 Å². The quantitative estimate of drug-likeness (QED) is 0.822. The molecule has 0 aromatic heterocycles. The van der Waals surface area contributed by atoms with Crippen LogP contribution in [0.5, 0.6) is 0 Å². The van der Waals surface area contributed by atoms with E-state index in [1.165, 1.54) is 11.3 Å². The zero-order valence-corrected chi connectivity index (χ0v) is 14.3. The molecule has 2 N–H and O–H groups in total. The van der Waals surface area contributed by atoms with Crippen LogP contribution in [0.15, 0.2) is 24.3 Å². The van der Waals surface area contributed by atoms with E-state index in [9.17, 15) is 10.2 Å². The summed E-state index contributed by atoms with van der Waals surface area (Å²) in [6, 6.07) is 9.70. The lowest BCUT2D eigenvalue weighted by Crippen LogP contribution is -2.72. The Morgan fingerprint density at radius 2 is 2.00 bits per heavy atom. The maximum absolute atomic E-state index is 11.6. The van der Waals surface area contributed by atoms with Gasteiger partial charge in [-0.25, -0.2) is 0 Å². The highest BCUT2D eigenvalue weighted by Crippen LogP contribution is 2.68. The van der Waals surface area contributed by atoms with Crippen molar-refractivity contribution in [2.24, 2.45) is 17.8 Å². The second-order valence-corrected chi connectivity index (χ2v) is 8.81. The molecule has 7 rings (SSSR count). The SMILES string of the molecule is CC[C@H]1[C@H]2C[C@H]3[C@@H]4N(C)c5ccccc5[C@]45C[C@@H]([C@@H]2[C@@H]5O)N3[C@@H]1O. The molecule has 128 valence electrons. The molecule has 6 aliphatic rings. The molecule has 4 heteroatoms. The van der Waals surface area contributed by atoms with Gasteiger partial charge in [-0.3, -0.25) is 4.90 Å². The average Bonchev–Trinajstić information content (AvgIpc) is 2.97. The number of hydrogen-bond donors (Lipinski definition) is 2. The number of nitrogens with zero attached hydrogens (tertiary/aromatic N) is 2. The molecule has 1 saturated carbocycles. The first-order chi connectivity index (χ1) is 11.6. The third-order valence-electron chi connectivity index (χ3n) is 8.46. The lowest BCUT2D eigenvalue weighted by atomic mass is 9.62. The summed E-state index contributed by atoms with van der Waals surface area (Å²) in [4.78, 5) is 4.83. The zero-order valence-electron chi connectivity index (χ0n) is 14.3. The molecule has 1 spiro atoms. The van der Waals surface area contributed by atoms with Crippen molar-refractivity contribution < 1.29 is 10.2 Å². The van der Waals surface area contributed by atoms with E-state index in [1.807, 2.05) is 0 Å². The maximum Gasteiger partial charge on any atom is 0.111 e. The van der Waals surface area contributed by atoms with E-state index in [4.69, 9.17) is 0 Å². The summed E-state index contributed by atoms with van der Waals surface area (Å²) < 4.78 is 0. The molecule has 10 atom stereocenters. The summed E-state index contributed by atoms with van der Waals surface area (Å²) in [5, 5.41) is 22.6. The minimum Gasteiger partial charge on any atom is -0.392 e. The van der Waals surface area contributed by atoms with Crippen molar-refractivity contribution >= 4 is 5.69 Å². The van der Waals surface area contributed by atoms with Crippen LogP contribution in [-0.2, 0) is 5.41 Å². The molecule has 0 amide bonds. The van der Waals surface area contributed by atoms with E-state index in [2.05, 4.69) is 48.0 Å². The smallest absolute Gasteiger partial charge is 0.111 e. The summed E-state index contributed by atoms with van der Waals surface area (Å²) in [5.41, 5.74) is 2.51. The molecular weight excluding hydrogens is 300 g/mol. The van der Waals surface area contributed by atoms with Crippen molar-refractivity contribution in [3.63, 3.8) is 0 Å². The molecule has 4 nitrogen and oxygen atoms in total. The van der Waals surface area contributed by atoms with Gasteiger partial charge in [-0.1, -0.05) is 25.1 Å². The summed E-state index contributed by atoms with van der Waals surface area (Å²) in [7, 11) is 2.19. The number of benzene rings is 1. The number of hydrogen-bond acceptors (Lipinski definition) is 4. The Balaban J connectivity index is 1.60. The van der Waals surface area contributed by atoms with E-state index in [0.717, 1.165) is 19.3 Å². The van der Waals surface area contributed by atoms with Gasteiger partial charge in [0.2, 0.25) is 0 Å². The van der Waals surface area contributed by atoms with Gasteiger partial charge >= 0.3 is 0 Å². The van der Waals surface area contributed by atoms with Gasteiger partial charge < -0.3 is 15.1 Å². The summed E-state index contributed by atoms with van der Waals surface area (Å²) >= 11 is 0. The highest BCUT2D eigenvalue weighted by atomic mass is 16.3. The summed E-state index contributed by atoms with van der Waals surface area (Å²) in [6.07, 6.45) is 2.56. The third-order valence-corrected chi connectivity index (χ3v) is 8.46. The fourth-order valence-corrected chi connectivity index (χ4v) is 7.88. The Hall–Kier alpha value is -1.10. The van der Waals surface area contributed by atoms with Gasteiger partial charge in [0.05, 0.1) is 12.1 Å². The second kappa shape index (κ2) is 4.17. The second-order valence-electron chi connectivity index (χ2n) is 8.81. The molecule has 1 aromatic carbocycles. The fourth-order valence-electron chi connectivity index (χ4n) is 7.88. The van der Waals surface area contributed by atoms with Gasteiger partial charge in [-0.2, -0.15) is 0 Å². The number of aliphatic hydroxyl groups is 2. The minimum atomic E-state index is -0.319. The van der Waals surface area contributed by atoms with Crippen LogP contribution in [0.3, 0.4) is 0 Å². The molecule has 1 unspecified atom stereocenters. The van der Waals surface area contributed by atoms with Crippen LogP contribution in [0.4, 0.5) is 5.69 Å². The van der Waals surface area contributed by atoms with Gasteiger partial charge in [-0.15, -0.1) is 0 Å². The largest absolute Gasteiger partial charge is 0.392 e. The molecular formula is C20H26N2O2. The topological polar surface area (TPSA) is 46.9 Å². The van der Waals surface area contributed by atoms with Gasteiger partial charge in [0.25, 0.3) is 0 Å². The summed E-state index contributed by atoms with van der Waals surface area (Å²) in [5.74, 6) is 1.14.